The van der Waals surface area contributed by atoms with Crippen LogP contribution in [0.15, 0.2) is 57.5 Å². The number of carbonyl (C=O) groups is 1. The van der Waals surface area contributed by atoms with Crippen LogP contribution in [0.2, 0.25) is 0 Å². The zero-order valence-electron chi connectivity index (χ0n) is 22.8. The second kappa shape index (κ2) is 11.8. The van der Waals surface area contributed by atoms with Gasteiger partial charge in [-0.25, -0.2) is 9.79 Å². The fraction of sp³-hybridized carbons (Fsp3) is 0.321. The molecule has 2 heterocycles. The van der Waals surface area contributed by atoms with Crippen molar-refractivity contribution in [3.63, 3.8) is 0 Å². The van der Waals surface area contributed by atoms with Crippen LogP contribution in [0, 0.1) is 20.2 Å². The number of fused-ring (bicyclic) bond motifs is 1. The van der Waals surface area contributed by atoms with Crippen LogP contribution in [-0.4, -0.2) is 32.1 Å². The number of hydrogen-bond acceptors (Lipinski definition) is 10. The Labute approximate surface area is 237 Å². The number of allylic oxidation sites excluding steroid dienone is 1. The molecule has 0 spiro atoms. The Morgan fingerprint density at radius 3 is 2.27 bits per heavy atom. The number of benzene rings is 2. The number of aromatic nitrogens is 1. The lowest BCUT2D eigenvalue weighted by molar-refractivity contribution is -0.396. The maximum atomic E-state index is 13.9. The van der Waals surface area contributed by atoms with E-state index in [1.807, 2.05) is 31.2 Å². The molecule has 1 atom stereocenters. The molecule has 0 radical (unpaired) electrons. The van der Waals surface area contributed by atoms with E-state index in [2.05, 4.69) is 18.8 Å². The molecule has 12 nitrogen and oxygen atoms in total. The lowest BCUT2D eigenvalue weighted by Crippen LogP contribution is -2.40. The van der Waals surface area contributed by atoms with Crippen LogP contribution in [-0.2, 0) is 9.53 Å². The topological polar surface area (TPSA) is 167 Å². The molecular formula is C28H28N4O8S. The summed E-state index contributed by atoms with van der Waals surface area (Å²) < 4.78 is 6.85. The van der Waals surface area contributed by atoms with Crippen molar-refractivity contribution in [3.05, 3.63) is 104 Å². The number of nitro groups is 2. The minimum absolute atomic E-state index is 0.0253. The van der Waals surface area contributed by atoms with Gasteiger partial charge in [-0.3, -0.25) is 29.6 Å². The van der Waals surface area contributed by atoms with E-state index in [9.17, 15) is 34.9 Å². The van der Waals surface area contributed by atoms with Crippen LogP contribution >= 0.6 is 11.3 Å². The van der Waals surface area contributed by atoms with Gasteiger partial charge in [-0.05, 0) is 42.0 Å². The summed E-state index contributed by atoms with van der Waals surface area (Å²) in [7, 11) is 0. The summed E-state index contributed by atoms with van der Waals surface area (Å²) in [6.45, 7) is 7.87. The van der Waals surface area contributed by atoms with Gasteiger partial charge in [-0.1, -0.05) is 62.8 Å². The van der Waals surface area contributed by atoms with E-state index >= 15 is 0 Å². The van der Waals surface area contributed by atoms with Crippen LogP contribution in [0.25, 0.3) is 6.08 Å². The van der Waals surface area contributed by atoms with E-state index in [0.29, 0.717) is 28.9 Å². The number of phenolic OH excluding ortho intramolecular Hbond substituents is 1. The van der Waals surface area contributed by atoms with Crippen LogP contribution in [0.1, 0.15) is 69.2 Å². The zero-order valence-corrected chi connectivity index (χ0v) is 23.6. The Morgan fingerprint density at radius 2 is 1.76 bits per heavy atom. The first kappa shape index (κ1) is 29.3. The molecule has 0 fully saturated rings. The Balaban J connectivity index is 2.01. The van der Waals surface area contributed by atoms with E-state index < -0.39 is 44.5 Å². The highest BCUT2D eigenvalue weighted by Crippen LogP contribution is 2.37. The fourth-order valence-corrected chi connectivity index (χ4v) is 5.66. The Morgan fingerprint density at radius 1 is 1.15 bits per heavy atom. The van der Waals surface area contributed by atoms with Crippen molar-refractivity contribution in [2.24, 2.45) is 4.99 Å². The average molecular weight is 581 g/mol. The highest BCUT2D eigenvalue weighted by atomic mass is 32.1. The first-order valence-electron chi connectivity index (χ1n) is 13.0. The molecule has 2 aromatic carbocycles. The summed E-state index contributed by atoms with van der Waals surface area (Å²) >= 11 is 0.992. The predicted octanol–water partition coefficient (Wildman–Crippen LogP) is 4.22. The molecule has 0 amide bonds. The molecule has 41 heavy (non-hydrogen) atoms. The number of thiazole rings is 1. The van der Waals surface area contributed by atoms with Crippen molar-refractivity contribution in [1.29, 1.82) is 0 Å². The van der Waals surface area contributed by atoms with Gasteiger partial charge in [-0.2, -0.15) is 0 Å². The molecule has 214 valence electrons. The standard InChI is InChI=1S/C28H28N4O8S/c1-5-7-19-23(27(35)40-6-2)24(18-10-8-17(9-11-18)15(3)4)30-26(34)22(41-28(30)29-19)14-16-12-20(31(36)37)25(33)21(13-16)32(38)39/h8-15,24,33H,5-7H2,1-4H3/b22-14-/t24-/m0/s1. The Kier molecular flexibility index (Phi) is 8.47. The van der Waals surface area contributed by atoms with Crippen molar-refractivity contribution < 1.29 is 24.5 Å². The van der Waals surface area contributed by atoms with Crippen LogP contribution < -0.4 is 14.9 Å². The predicted molar refractivity (Wildman–Crippen MR) is 152 cm³/mol. The second-order valence-electron chi connectivity index (χ2n) is 9.66. The molecule has 0 saturated carbocycles. The largest absolute Gasteiger partial charge is 0.497 e. The lowest BCUT2D eigenvalue weighted by Gasteiger charge is -2.26. The van der Waals surface area contributed by atoms with Crippen molar-refractivity contribution >= 4 is 34.8 Å². The number of carbonyl (C=O) groups excluding carboxylic acids is 1. The third-order valence-corrected chi connectivity index (χ3v) is 7.58. The van der Waals surface area contributed by atoms with Gasteiger partial charge in [0.05, 0.1) is 38.3 Å². The van der Waals surface area contributed by atoms with Gasteiger partial charge in [0, 0.05) is 12.1 Å². The van der Waals surface area contributed by atoms with Gasteiger partial charge >= 0.3 is 17.3 Å². The maximum Gasteiger partial charge on any atom is 0.338 e. The monoisotopic (exact) mass is 580 g/mol. The van der Waals surface area contributed by atoms with Gasteiger partial charge in [0.1, 0.15) is 0 Å². The third-order valence-electron chi connectivity index (χ3n) is 6.59. The minimum Gasteiger partial charge on any atom is -0.497 e. The summed E-state index contributed by atoms with van der Waals surface area (Å²) in [5.41, 5.74) is 0.197. The van der Waals surface area contributed by atoms with E-state index in [4.69, 9.17) is 4.74 Å². The Bertz CT molecular complexity index is 1720. The molecule has 4 rings (SSSR count). The van der Waals surface area contributed by atoms with Gasteiger partial charge in [-0.15, -0.1) is 0 Å². The molecule has 1 aromatic heterocycles. The van der Waals surface area contributed by atoms with E-state index in [0.717, 1.165) is 29.0 Å². The van der Waals surface area contributed by atoms with Gasteiger partial charge < -0.3 is 9.84 Å². The number of esters is 1. The number of rotatable bonds is 9. The molecule has 0 aliphatic carbocycles. The Hall–Kier alpha value is -4.65. The summed E-state index contributed by atoms with van der Waals surface area (Å²) in [4.78, 5) is 53.1. The summed E-state index contributed by atoms with van der Waals surface area (Å²) in [5, 5.41) is 32.9. The number of nitro benzene ring substituents is 2. The molecule has 0 bridgehead atoms. The normalized spacial score (nSPS) is 15.0. The van der Waals surface area contributed by atoms with Crippen LogP contribution in [0.5, 0.6) is 5.75 Å². The summed E-state index contributed by atoms with van der Waals surface area (Å²) in [6, 6.07) is 8.65. The van der Waals surface area contributed by atoms with E-state index in [1.165, 1.54) is 10.6 Å². The third kappa shape index (κ3) is 5.66. The average Bonchev–Trinajstić information content (AvgIpc) is 3.23. The second-order valence-corrected chi connectivity index (χ2v) is 10.7. The molecule has 1 aliphatic rings. The molecule has 0 saturated heterocycles. The van der Waals surface area contributed by atoms with Crippen molar-refractivity contribution in [1.82, 2.24) is 4.57 Å². The lowest BCUT2D eigenvalue weighted by atomic mass is 9.92. The van der Waals surface area contributed by atoms with Crippen LogP contribution in [0.3, 0.4) is 0 Å². The quantitative estimate of drug-likeness (QED) is 0.223. The smallest absolute Gasteiger partial charge is 0.338 e. The fourth-order valence-electron chi connectivity index (χ4n) is 4.64. The first-order chi connectivity index (χ1) is 19.5. The van der Waals surface area contributed by atoms with Crippen molar-refractivity contribution in [3.8, 4) is 5.75 Å². The summed E-state index contributed by atoms with van der Waals surface area (Å²) in [5.74, 6) is -1.40. The van der Waals surface area contributed by atoms with Gasteiger partial charge in [0.25, 0.3) is 11.3 Å². The molecule has 13 heteroatoms. The molecule has 1 N–H and O–H groups in total. The number of nitrogens with zero attached hydrogens (tertiary/aromatic N) is 4. The van der Waals surface area contributed by atoms with Crippen LogP contribution in [0.4, 0.5) is 11.4 Å². The van der Waals surface area contributed by atoms with E-state index in [-0.39, 0.29) is 28.2 Å². The number of ether oxygens (including phenoxy) is 1. The highest BCUT2D eigenvalue weighted by molar-refractivity contribution is 7.07. The molecule has 0 unspecified atom stereocenters. The molecular weight excluding hydrogens is 552 g/mol. The number of aromatic hydroxyl groups is 1. The first-order valence-corrected chi connectivity index (χ1v) is 13.8. The van der Waals surface area contributed by atoms with Crippen molar-refractivity contribution in [2.45, 2.75) is 52.5 Å². The van der Waals surface area contributed by atoms with Gasteiger partial charge in [0.2, 0.25) is 0 Å². The minimum atomic E-state index is -1.08. The number of hydrogen-bond donors (Lipinski definition) is 1. The van der Waals surface area contributed by atoms with Gasteiger partial charge in [0.15, 0.2) is 4.80 Å². The molecule has 1 aliphatic heterocycles. The zero-order chi connectivity index (χ0) is 30.0. The van der Waals surface area contributed by atoms with Crippen molar-refractivity contribution in [2.75, 3.05) is 6.61 Å². The summed E-state index contributed by atoms with van der Waals surface area (Å²) in [6.07, 6.45) is 2.40. The molecule has 3 aromatic rings. The van der Waals surface area contributed by atoms with E-state index in [1.54, 1.807) is 6.92 Å². The number of phenols is 1. The maximum absolute atomic E-state index is 13.9. The highest BCUT2D eigenvalue weighted by Gasteiger charge is 2.34. The SMILES string of the molecule is CCCC1=C(C(=O)OCC)[C@H](c2ccc(C(C)C)cc2)n2c(s/c(=C\c3cc([N+](=O)[O-])c(O)c([N+](=O)[O-])c3)c2=O)=N1.